The van der Waals surface area contributed by atoms with Crippen LogP contribution in [0, 0.1) is 6.92 Å². The molecule has 0 saturated carbocycles. The zero-order valence-electron chi connectivity index (χ0n) is 14.7. The highest BCUT2D eigenvalue weighted by Crippen LogP contribution is 2.31. The molecule has 128 valence electrons. The molecule has 1 aliphatic heterocycles. The van der Waals surface area contributed by atoms with Gasteiger partial charge >= 0.3 is 0 Å². The molecule has 0 spiro atoms. The van der Waals surface area contributed by atoms with Gasteiger partial charge < -0.3 is 10.2 Å². The van der Waals surface area contributed by atoms with E-state index in [1.54, 1.807) is 4.68 Å². The van der Waals surface area contributed by atoms with Crippen molar-refractivity contribution in [3.63, 3.8) is 0 Å². The molecule has 3 rings (SSSR count). The maximum atomic E-state index is 12.6. The predicted octanol–water partition coefficient (Wildman–Crippen LogP) is 3.21. The highest BCUT2D eigenvalue weighted by atomic mass is 16.1. The summed E-state index contributed by atoms with van der Waals surface area (Å²) in [5.74, 6) is 0.844. The zero-order chi connectivity index (χ0) is 17.1. The van der Waals surface area contributed by atoms with Gasteiger partial charge in [-0.05, 0) is 38.9 Å². The van der Waals surface area contributed by atoms with Gasteiger partial charge in [0.2, 0.25) is 5.91 Å². The molecule has 1 amide bonds. The van der Waals surface area contributed by atoms with Crippen LogP contribution in [0.3, 0.4) is 0 Å². The molecule has 1 aromatic heterocycles. The molecule has 1 unspecified atom stereocenters. The minimum Gasteiger partial charge on any atom is -0.310 e. The normalized spacial score (nSPS) is 18.5. The topological polar surface area (TPSA) is 50.2 Å². The lowest BCUT2D eigenvalue weighted by atomic mass is 10.00. The van der Waals surface area contributed by atoms with E-state index in [9.17, 15) is 4.79 Å². The van der Waals surface area contributed by atoms with E-state index >= 15 is 0 Å². The Kier molecular flexibility index (Phi) is 5.00. The van der Waals surface area contributed by atoms with Crippen molar-refractivity contribution in [1.29, 1.82) is 0 Å². The standard InChI is InChI=1S/C19H26N4O/c1-14-18(15-9-5-4-6-10-15)19(23(3)21-14)20-17(24)13-16-11-7-8-12-22(16)2/h4-6,9-10,16H,7-8,11-13H2,1-3H3,(H,20,24). The number of anilines is 1. The van der Waals surface area contributed by atoms with Crippen LogP contribution in [0.25, 0.3) is 11.1 Å². The van der Waals surface area contributed by atoms with Crippen molar-refractivity contribution in [3.05, 3.63) is 36.0 Å². The minimum atomic E-state index is 0.0638. The molecular formula is C19H26N4O. The zero-order valence-corrected chi connectivity index (χ0v) is 14.7. The first-order valence-corrected chi connectivity index (χ1v) is 8.65. The van der Waals surface area contributed by atoms with Crippen molar-refractivity contribution in [3.8, 4) is 11.1 Å². The van der Waals surface area contributed by atoms with E-state index in [0.717, 1.165) is 35.6 Å². The van der Waals surface area contributed by atoms with Crippen molar-refractivity contribution >= 4 is 11.7 Å². The van der Waals surface area contributed by atoms with Gasteiger partial charge in [0.25, 0.3) is 0 Å². The molecule has 1 atom stereocenters. The smallest absolute Gasteiger partial charge is 0.227 e. The molecule has 5 nitrogen and oxygen atoms in total. The van der Waals surface area contributed by atoms with E-state index in [0.29, 0.717) is 12.5 Å². The van der Waals surface area contributed by atoms with E-state index in [1.165, 1.54) is 12.8 Å². The molecule has 24 heavy (non-hydrogen) atoms. The summed E-state index contributed by atoms with van der Waals surface area (Å²) < 4.78 is 1.76. The van der Waals surface area contributed by atoms with Crippen LogP contribution in [0.2, 0.25) is 0 Å². The number of aryl methyl sites for hydroxylation is 2. The Labute approximate surface area is 143 Å². The van der Waals surface area contributed by atoms with Crippen molar-refractivity contribution < 1.29 is 4.79 Å². The highest BCUT2D eigenvalue weighted by molar-refractivity contribution is 5.95. The summed E-state index contributed by atoms with van der Waals surface area (Å²) in [6, 6.07) is 10.4. The molecule has 0 bridgehead atoms. The summed E-state index contributed by atoms with van der Waals surface area (Å²) in [6.07, 6.45) is 4.07. The summed E-state index contributed by atoms with van der Waals surface area (Å²) in [6.45, 7) is 3.06. The first-order chi connectivity index (χ1) is 11.6. The maximum Gasteiger partial charge on any atom is 0.227 e. The van der Waals surface area contributed by atoms with Crippen LogP contribution in [0.4, 0.5) is 5.82 Å². The lowest BCUT2D eigenvalue weighted by molar-refractivity contribution is -0.117. The molecule has 1 N–H and O–H groups in total. The van der Waals surface area contributed by atoms with E-state index in [4.69, 9.17) is 0 Å². The molecule has 2 aromatic rings. The number of hydrogen-bond donors (Lipinski definition) is 1. The Bertz CT molecular complexity index is 708. The minimum absolute atomic E-state index is 0.0638. The van der Waals surface area contributed by atoms with Gasteiger partial charge in [-0.25, -0.2) is 0 Å². The molecule has 0 aliphatic carbocycles. The van der Waals surface area contributed by atoms with Crippen LogP contribution in [-0.2, 0) is 11.8 Å². The first kappa shape index (κ1) is 16.7. The maximum absolute atomic E-state index is 12.6. The lowest BCUT2D eigenvalue weighted by Crippen LogP contribution is -2.38. The average molecular weight is 326 g/mol. The third kappa shape index (κ3) is 3.51. The van der Waals surface area contributed by atoms with Gasteiger partial charge in [0, 0.05) is 25.1 Å². The average Bonchev–Trinajstić information content (AvgIpc) is 2.84. The number of piperidine rings is 1. The fraction of sp³-hybridized carbons (Fsp3) is 0.474. The second-order valence-electron chi connectivity index (χ2n) is 6.68. The molecular weight excluding hydrogens is 300 g/mol. The first-order valence-electron chi connectivity index (χ1n) is 8.65. The number of nitrogens with zero attached hydrogens (tertiary/aromatic N) is 3. The quantitative estimate of drug-likeness (QED) is 0.938. The Morgan fingerprint density at radius 1 is 1.25 bits per heavy atom. The number of benzene rings is 1. The Morgan fingerprint density at radius 2 is 2.00 bits per heavy atom. The number of likely N-dealkylation sites (tertiary alicyclic amines) is 1. The predicted molar refractivity (Wildman–Crippen MR) is 96.9 cm³/mol. The summed E-state index contributed by atoms with van der Waals surface area (Å²) in [7, 11) is 3.99. The van der Waals surface area contributed by atoms with Gasteiger partial charge in [0.05, 0.1) is 5.69 Å². The molecule has 1 saturated heterocycles. The second kappa shape index (κ2) is 7.18. The third-order valence-corrected chi connectivity index (χ3v) is 4.89. The van der Waals surface area contributed by atoms with Crippen molar-refractivity contribution in [2.24, 2.45) is 7.05 Å². The molecule has 0 radical (unpaired) electrons. The van der Waals surface area contributed by atoms with Crippen molar-refractivity contribution in [1.82, 2.24) is 14.7 Å². The number of aromatic nitrogens is 2. The summed E-state index contributed by atoms with van der Waals surface area (Å²) >= 11 is 0. The number of carbonyl (C=O) groups excluding carboxylic acids is 1. The van der Waals surface area contributed by atoms with Crippen molar-refractivity contribution in [2.45, 2.75) is 38.6 Å². The fourth-order valence-corrected chi connectivity index (χ4v) is 3.55. The summed E-state index contributed by atoms with van der Waals surface area (Å²) in [5, 5.41) is 7.59. The number of rotatable bonds is 4. The van der Waals surface area contributed by atoms with Crippen LogP contribution in [0.15, 0.2) is 30.3 Å². The summed E-state index contributed by atoms with van der Waals surface area (Å²) in [4.78, 5) is 14.9. The van der Waals surface area contributed by atoms with Gasteiger partial charge in [-0.15, -0.1) is 0 Å². The number of nitrogens with one attached hydrogen (secondary N) is 1. The van der Waals surface area contributed by atoms with E-state index in [-0.39, 0.29) is 5.91 Å². The van der Waals surface area contributed by atoms with E-state index in [1.807, 2.05) is 32.2 Å². The van der Waals surface area contributed by atoms with Crippen LogP contribution in [0.5, 0.6) is 0 Å². The number of carbonyl (C=O) groups is 1. The molecule has 5 heteroatoms. The number of hydrogen-bond acceptors (Lipinski definition) is 3. The largest absolute Gasteiger partial charge is 0.310 e. The SMILES string of the molecule is Cc1nn(C)c(NC(=O)CC2CCCCN2C)c1-c1ccccc1. The van der Waals surface area contributed by atoms with Gasteiger partial charge in [-0.3, -0.25) is 9.48 Å². The molecule has 1 aromatic carbocycles. The Hall–Kier alpha value is -2.14. The van der Waals surface area contributed by atoms with Crippen molar-refractivity contribution in [2.75, 3.05) is 18.9 Å². The lowest BCUT2D eigenvalue weighted by Gasteiger charge is -2.31. The van der Waals surface area contributed by atoms with E-state index in [2.05, 4.69) is 34.5 Å². The highest BCUT2D eigenvalue weighted by Gasteiger charge is 2.23. The van der Waals surface area contributed by atoms with Crippen LogP contribution < -0.4 is 5.32 Å². The fourth-order valence-electron chi connectivity index (χ4n) is 3.55. The van der Waals surface area contributed by atoms with Gasteiger partial charge in [-0.2, -0.15) is 5.10 Å². The third-order valence-electron chi connectivity index (χ3n) is 4.89. The Morgan fingerprint density at radius 3 is 2.71 bits per heavy atom. The molecule has 1 fully saturated rings. The van der Waals surface area contributed by atoms with Crippen LogP contribution in [0.1, 0.15) is 31.4 Å². The molecule has 2 heterocycles. The van der Waals surface area contributed by atoms with Gasteiger partial charge in [0.15, 0.2) is 0 Å². The van der Waals surface area contributed by atoms with Crippen LogP contribution >= 0.6 is 0 Å². The monoisotopic (exact) mass is 326 g/mol. The van der Waals surface area contributed by atoms with Crippen LogP contribution in [-0.4, -0.2) is 40.2 Å². The summed E-state index contributed by atoms with van der Waals surface area (Å²) in [5.41, 5.74) is 3.01. The number of amides is 1. The Balaban J connectivity index is 1.79. The second-order valence-corrected chi connectivity index (χ2v) is 6.68. The molecule has 1 aliphatic rings. The van der Waals surface area contributed by atoms with E-state index < -0.39 is 0 Å². The van der Waals surface area contributed by atoms with Gasteiger partial charge in [-0.1, -0.05) is 36.8 Å². The van der Waals surface area contributed by atoms with Gasteiger partial charge in [0.1, 0.15) is 5.82 Å².